The maximum Gasteiger partial charge on any atom is 0.264 e. The molecule has 3 aromatic carbocycles. The van der Waals surface area contributed by atoms with Gasteiger partial charge in [-0.25, -0.2) is 8.42 Å². The molecule has 1 atom stereocenters. The molecule has 3 rings (SSSR count). The van der Waals surface area contributed by atoms with Crippen LogP contribution in [-0.4, -0.2) is 44.8 Å². The van der Waals surface area contributed by atoms with Crippen molar-refractivity contribution in [3.05, 3.63) is 94.5 Å². The molecule has 0 spiro atoms. The molecule has 0 fully saturated rings. The van der Waals surface area contributed by atoms with Gasteiger partial charge in [0.05, 0.1) is 10.6 Å². The van der Waals surface area contributed by atoms with Gasteiger partial charge in [0.15, 0.2) is 0 Å². The summed E-state index contributed by atoms with van der Waals surface area (Å²) in [6.45, 7) is 5.19. The smallest absolute Gasteiger partial charge is 0.264 e. The third-order valence-corrected chi connectivity index (χ3v) is 8.15. The van der Waals surface area contributed by atoms with Crippen molar-refractivity contribution in [2.45, 2.75) is 44.7 Å². The van der Waals surface area contributed by atoms with Crippen LogP contribution in [0.3, 0.4) is 0 Å². The second kappa shape index (κ2) is 12.3. The molecule has 0 aromatic heterocycles. The number of likely N-dealkylation sites (N-methyl/N-ethyl adjacent to an activating group) is 1. The highest BCUT2D eigenvalue weighted by Crippen LogP contribution is 2.29. The first-order chi connectivity index (χ1) is 17.6. The fourth-order valence-electron chi connectivity index (χ4n) is 4.11. The number of benzene rings is 3. The van der Waals surface area contributed by atoms with E-state index in [0.29, 0.717) is 22.7 Å². The summed E-state index contributed by atoms with van der Waals surface area (Å²) in [5.74, 6) is -0.812. The van der Waals surface area contributed by atoms with Crippen molar-refractivity contribution in [3.8, 4) is 0 Å². The van der Waals surface area contributed by atoms with E-state index in [9.17, 15) is 18.0 Å². The molecule has 0 aliphatic heterocycles. The highest BCUT2D eigenvalue weighted by molar-refractivity contribution is 7.92. The summed E-state index contributed by atoms with van der Waals surface area (Å²) in [6, 6.07) is 19.7. The van der Waals surface area contributed by atoms with Crippen LogP contribution in [0.15, 0.2) is 77.7 Å². The minimum absolute atomic E-state index is 0.0561. The molecule has 2 amide bonds. The second-order valence-corrected chi connectivity index (χ2v) is 11.1. The molecule has 0 unspecified atom stereocenters. The first-order valence-electron chi connectivity index (χ1n) is 12.0. The maximum absolute atomic E-state index is 13.9. The summed E-state index contributed by atoms with van der Waals surface area (Å²) < 4.78 is 28.7. The zero-order valence-electron chi connectivity index (χ0n) is 21.4. The average molecular weight is 542 g/mol. The third-order valence-electron chi connectivity index (χ3n) is 6.14. The van der Waals surface area contributed by atoms with Gasteiger partial charge in [0.1, 0.15) is 12.6 Å². The predicted molar refractivity (Wildman–Crippen MR) is 147 cm³/mol. The van der Waals surface area contributed by atoms with Gasteiger partial charge in [-0.05, 0) is 61.7 Å². The molecule has 0 radical (unpaired) electrons. The van der Waals surface area contributed by atoms with E-state index < -0.39 is 28.5 Å². The molecule has 196 valence electrons. The number of sulfonamides is 1. The standard InChI is InChI=1S/C28H32ClN3O4S/c1-5-25(28(34)30-4)31(18-22-13-11-20(2)12-14-22)27(33)19-32(26-16-15-23(29)17-21(26)3)37(35,36)24-9-7-6-8-10-24/h6-17,25H,5,18-19H2,1-4H3,(H,30,34)/t25-/m1/s1. The van der Waals surface area contributed by atoms with Crippen LogP contribution >= 0.6 is 11.6 Å². The van der Waals surface area contributed by atoms with Crippen LogP contribution in [0, 0.1) is 13.8 Å². The highest BCUT2D eigenvalue weighted by Gasteiger charge is 2.33. The second-order valence-electron chi connectivity index (χ2n) is 8.80. The Kier molecular flexibility index (Phi) is 9.34. The van der Waals surface area contributed by atoms with Crippen LogP contribution in [0.5, 0.6) is 0 Å². The Balaban J connectivity index is 2.08. The zero-order valence-corrected chi connectivity index (χ0v) is 23.0. The first kappa shape index (κ1) is 28.2. The quantitative estimate of drug-likeness (QED) is 0.403. The van der Waals surface area contributed by atoms with Crippen molar-refractivity contribution in [3.63, 3.8) is 0 Å². The van der Waals surface area contributed by atoms with Gasteiger partial charge in [0.2, 0.25) is 11.8 Å². The monoisotopic (exact) mass is 541 g/mol. The van der Waals surface area contributed by atoms with Gasteiger partial charge in [-0.2, -0.15) is 0 Å². The number of carbonyl (C=O) groups is 2. The Morgan fingerprint density at radius 2 is 1.62 bits per heavy atom. The van der Waals surface area contributed by atoms with Crippen LogP contribution in [-0.2, 0) is 26.2 Å². The molecular weight excluding hydrogens is 510 g/mol. The van der Waals surface area contributed by atoms with E-state index in [-0.39, 0.29) is 17.3 Å². The fourth-order valence-corrected chi connectivity index (χ4v) is 5.83. The largest absolute Gasteiger partial charge is 0.357 e. The van der Waals surface area contributed by atoms with Gasteiger partial charge in [-0.15, -0.1) is 0 Å². The summed E-state index contributed by atoms with van der Waals surface area (Å²) >= 11 is 6.13. The minimum Gasteiger partial charge on any atom is -0.357 e. The van der Waals surface area contributed by atoms with Crippen molar-refractivity contribution < 1.29 is 18.0 Å². The molecule has 0 aliphatic carbocycles. The zero-order chi connectivity index (χ0) is 27.2. The van der Waals surface area contributed by atoms with E-state index in [2.05, 4.69) is 5.32 Å². The molecule has 0 heterocycles. The Bertz CT molecular complexity index is 1350. The van der Waals surface area contributed by atoms with Gasteiger partial charge < -0.3 is 10.2 Å². The minimum atomic E-state index is -4.11. The van der Waals surface area contributed by atoms with Gasteiger partial charge >= 0.3 is 0 Å². The summed E-state index contributed by atoms with van der Waals surface area (Å²) in [4.78, 5) is 28.1. The molecule has 3 aromatic rings. The van der Waals surface area contributed by atoms with Gasteiger partial charge in [-0.3, -0.25) is 13.9 Å². The first-order valence-corrected chi connectivity index (χ1v) is 13.8. The van der Waals surface area contributed by atoms with Crippen LogP contribution < -0.4 is 9.62 Å². The number of anilines is 1. The number of amides is 2. The Morgan fingerprint density at radius 1 is 0.973 bits per heavy atom. The summed E-state index contributed by atoms with van der Waals surface area (Å²) in [5, 5.41) is 3.08. The van der Waals surface area contributed by atoms with E-state index >= 15 is 0 Å². The number of aryl methyl sites for hydroxylation is 2. The molecular formula is C28H32ClN3O4S. The molecule has 7 nitrogen and oxygen atoms in total. The van der Waals surface area contributed by atoms with Crippen LogP contribution in [0.1, 0.15) is 30.0 Å². The van der Waals surface area contributed by atoms with E-state index in [1.54, 1.807) is 43.3 Å². The third kappa shape index (κ3) is 6.70. The number of hydrogen-bond acceptors (Lipinski definition) is 4. The summed E-state index contributed by atoms with van der Waals surface area (Å²) in [5.41, 5.74) is 2.84. The highest BCUT2D eigenvalue weighted by atomic mass is 35.5. The van der Waals surface area contributed by atoms with Crippen molar-refractivity contribution >= 4 is 39.1 Å². The lowest BCUT2D eigenvalue weighted by atomic mass is 10.1. The lowest BCUT2D eigenvalue weighted by Crippen LogP contribution is -2.51. The average Bonchev–Trinajstić information content (AvgIpc) is 2.88. The van der Waals surface area contributed by atoms with E-state index in [1.807, 2.05) is 38.1 Å². The lowest BCUT2D eigenvalue weighted by molar-refractivity contribution is -0.140. The number of nitrogens with one attached hydrogen (secondary N) is 1. The topological polar surface area (TPSA) is 86.8 Å². The van der Waals surface area contributed by atoms with Crippen molar-refractivity contribution in [1.82, 2.24) is 10.2 Å². The maximum atomic E-state index is 13.9. The SMILES string of the molecule is CC[C@H](C(=O)NC)N(Cc1ccc(C)cc1)C(=O)CN(c1ccc(Cl)cc1C)S(=O)(=O)c1ccccc1. The number of carbonyl (C=O) groups excluding carboxylic acids is 2. The molecule has 1 N–H and O–H groups in total. The molecule has 0 aliphatic rings. The lowest BCUT2D eigenvalue weighted by Gasteiger charge is -2.33. The Labute approximate surface area is 224 Å². The van der Waals surface area contributed by atoms with Gasteiger partial charge in [0.25, 0.3) is 10.0 Å². The summed E-state index contributed by atoms with van der Waals surface area (Å²) in [6.07, 6.45) is 0.364. The Hall–Kier alpha value is -3.36. The number of hydrogen-bond donors (Lipinski definition) is 1. The summed E-state index contributed by atoms with van der Waals surface area (Å²) in [7, 11) is -2.60. The fraction of sp³-hybridized carbons (Fsp3) is 0.286. The molecule has 9 heteroatoms. The molecule has 0 saturated carbocycles. The van der Waals surface area contributed by atoms with Crippen molar-refractivity contribution in [2.75, 3.05) is 17.9 Å². The van der Waals surface area contributed by atoms with Crippen molar-refractivity contribution in [2.24, 2.45) is 0 Å². The molecule has 0 bridgehead atoms. The van der Waals surface area contributed by atoms with E-state index in [1.165, 1.54) is 24.1 Å². The van der Waals surface area contributed by atoms with Crippen molar-refractivity contribution in [1.29, 1.82) is 0 Å². The van der Waals surface area contributed by atoms with E-state index in [4.69, 9.17) is 11.6 Å². The predicted octanol–water partition coefficient (Wildman–Crippen LogP) is 4.71. The normalized spacial score (nSPS) is 12.0. The van der Waals surface area contributed by atoms with Gasteiger partial charge in [-0.1, -0.05) is 66.6 Å². The number of nitrogens with zero attached hydrogens (tertiary/aromatic N) is 2. The van der Waals surface area contributed by atoms with Crippen LogP contribution in [0.25, 0.3) is 0 Å². The van der Waals surface area contributed by atoms with Gasteiger partial charge in [0, 0.05) is 18.6 Å². The van der Waals surface area contributed by atoms with Crippen LogP contribution in [0.4, 0.5) is 5.69 Å². The van der Waals surface area contributed by atoms with Crippen LogP contribution in [0.2, 0.25) is 5.02 Å². The number of halogens is 1. The molecule has 0 saturated heterocycles. The Morgan fingerprint density at radius 3 is 2.19 bits per heavy atom. The molecule has 37 heavy (non-hydrogen) atoms. The van der Waals surface area contributed by atoms with E-state index in [0.717, 1.165) is 15.4 Å². The number of rotatable bonds is 10.